The topological polar surface area (TPSA) is 67.4 Å². The van der Waals surface area contributed by atoms with Gasteiger partial charge in [-0.15, -0.1) is 0 Å². The van der Waals surface area contributed by atoms with Crippen LogP contribution in [-0.2, 0) is 14.3 Å². The Morgan fingerprint density at radius 1 is 1.27 bits per heavy atom. The monoisotopic (exact) mass is 214 g/mol. The van der Waals surface area contributed by atoms with Crippen LogP contribution in [0.5, 0.6) is 0 Å². The molecule has 0 saturated carbocycles. The van der Waals surface area contributed by atoms with Crippen molar-refractivity contribution in [2.75, 3.05) is 6.61 Å². The van der Waals surface area contributed by atoms with Gasteiger partial charge in [0.25, 0.3) is 5.91 Å². The Labute approximate surface area is 89.5 Å². The molecule has 5 nitrogen and oxygen atoms in total. The fourth-order valence-corrected chi connectivity index (χ4v) is 1.17. The van der Waals surface area contributed by atoms with Crippen molar-refractivity contribution in [2.24, 2.45) is 5.41 Å². The molecule has 86 valence electrons. The molecule has 1 fully saturated rings. The molecule has 1 atom stereocenters. The number of carbonyl (C=O) groups excluding carboxylic acids is 2. The molecule has 2 amide bonds. The Kier molecular flexibility index (Phi) is 3.68. The Bertz CT molecular complexity index is 252. The maximum atomic E-state index is 11.4. The van der Waals surface area contributed by atoms with Gasteiger partial charge in [0.05, 0.1) is 0 Å². The fourth-order valence-electron chi connectivity index (χ4n) is 1.17. The number of ether oxygens (including phenoxy) is 1. The van der Waals surface area contributed by atoms with Gasteiger partial charge in [0.2, 0.25) is 5.91 Å². The standard InChI is InChI=1S/C10H18N2O3/c1-10(2,3)9(14)12-11-8(13)7-5-4-6-15-7/h7H,4-6H2,1-3H3,(H,11,13)(H,12,14)/t7-/m0/s1. The average molecular weight is 214 g/mol. The van der Waals surface area contributed by atoms with E-state index in [2.05, 4.69) is 10.9 Å². The zero-order valence-electron chi connectivity index (χ0n) is 9.42. The third kappa shape index (κ3) is 3.51. The van der Waals surface area contributed by atoms with Gasteiger partial charge in [-0.1, -0.05) is 20.8 Å². The fraction of sp³-hybridized carbons (Fsp3) is 0.800. The summed E-state index contributed by atoms with van der Waals surface area (Å²) in [6.45, 7) is 5.95. The highest BCUT2D eigenvalue weighted by molar-refractivity contribution is 5.86. The first-order valence-corrected chi connectivity index (χ1v) is 5.13. The number of hydrazine groups is 1. The molecule has 15 heavy (non-hydrogen) atoms. The van der Waals surface area contributed by atoms with E-state index < -0.39 is 11.5 Å². The van der Waals surface area contributed by atoms with Crippen LogP contribution in [0.2, 0.25) is 0 Å². The van der Waals surface area contributed by atoms with Crippen LogP contribution in [0.3, 0.4) is 0 Å². The lowest BCUT2D eigenvalue weighted by Gasteiger charge is -2.18. The molecule has 5 heteroatoms. The molecule has 1 heterocycles. The molecule has 0 unspecified atom stereocenters. The van der Waals surface area contributed by atoms with Crippen LogP contribution in [0, 0.1) is 5.41 Å². The SMILES string of the molecule is CC(C)(C)C(=O)NNC(=O)[C@@H]1CCCO1. The molecule has 0 radical (unpaired) electrons. The highest BCUT2D eigenvalue weighted by Crippen LogP contribution is 2.13. The summed E-state index contributed by atoms with van der Waals surface area (Å²) in [5.74, 6) is -0.487. The Morgan fingerprint density at radius 3 is 2.40 bits per heavy atom. The lowest BCUT2D eigenvalue weighted by atomic mass is 9.96. The van der Waals surface area contributed by atoms with Gasteiger partial charge < -0.3 is 4.74 Å². The van der Waals surface area contributed by atoms with Crippen LogP contribution in [0.1, 0.15) is 33.6 Å². The summed E-state index contributed by atoms with van der Waals surface area (Å²) in [6, 6.07) is 0. The van der Waals surface area contributed by atoms with Crippen LogP contribution in [-0.4, -0.2) is 24.5 Å². The zero-order valence-corrected chi connectivity index (χ0v) is 9.42. The number of nitrogens with one attached hydrogen (secondary N) is 2. The lowest BCUT2D eigenvalue weighted by Crippen LogP contribution is -2.49. The van der Waals surface area contributed by atoms with E-state index in [0.29, 0.717) is 6.61 Å². The third-order valence-corrected chi connectivity index (χ3v) is 2.20. The van der Waals surface area contributed by atoms with Crippen LogP contribution in [0.25, 0.3) is 0 Å². The highest BCUT2D eigenvalue weighted by Gasteiger charge is 2.26. The first kappa shape index (κ1) is 12.0. The van der Waals surface area contributed by atoms with Gasteiger partial charge in [0.15, 0.2) is 0 Å². The van der Waals surface area contributed by atoms with Crippen LogP contribution in [0.15, 0.2) is 0 Å². The van der Waals surface area contributed by atoms with E-state index in [1.165, 1.54) is 0 Å². The van der Waals surface area contributed by atoms with E-state index in [4.69, 9.17) is 4.74 Å². The van der Waals surface area contributed by atoms with E-state index >= 15 is 0 Å². The third-order valence-electron chi connectivity index (χ3n) is 2.20. The van der Waals surface area contributed by atoms with Crippen LogP contribution < -0.4 is 10.9 Å². The Morgan fingerprint density at radius 2 is 1.93 bits per heavy atom. The van der Waals surface area contributed by atoms with Gasteiger partial charge in [-0.3, -0.25) is 20.4 Å². The molecule has 1 aliphatic rings. The summed E-state index contributed by atoms with van der Waals surface area (Å²) in [7, 11) is 0. The molecule has 0 aromatic carbocycles. The quantitative estimate of drug-likeness (QED) is 0.619. The number of amides is 2. The number of hydrogen-bond acceptors (Lipinski definition) is 3. The van der Waals surface area contributed by atoms with Crippen molar-refractivity contribution in [1.29, 1.82) is 0 Å². The van der Waals surface area contributed by atoms with Gasteiger partial charge in [0.1, 0.15) is 6.10 Å². The average Bonchev–Trinajstić information content (AvgIpc) is 2.64. The van der Waals surface area contributed by atoms with Gasteiger partial charge in [-0.25, -0.2) is 0 Å². The molecule has 0 aliphatic carbocycles. The second kappa shape index (κ2) is 4.61. The summed E-state index contributed by atoms with van der Waals surface area (Å²) in [6.07, 6.45) is 1.20. The largest absolute Gasteiger partial charge is 0.368 e. The highest BCUT2D eigenvalue weighted by atomic mass is 16.5. The summed E-state index contributed by atoms with van der Waals surface area (Å²) < 4.78 is 5.17. The molecular weight excluding hydrogens is 196 g/mol. The first-order chi connectivity index (χ1) is 6.91. The van der Waals surface area contributed by atoms with Gasteiger partial charge in [-0.2, -0.15) is 0 Å². The maximum Gasteiger partial charge on any atom is 0.267 e. The van der Waals surface area contributed by atoms with Crippen molar-refractivity contribution < 1.29 is 14.3 Å². The van der Waals surface area contributed by atoms with Crippen molar-refractivity contribution in [3.8, 4) is 0 Å². The summed E-state index contributed by atoms with van der Waals surface area (Å²) in [5.41, 5.74) is 4.24. The van der Waals surface area contributed by atoms with Crippen molar-refractivity contribution >= 4 is 11.8 Å². The molecular formula is C10H18N2O3. The molecule has 1 saturated heterocycles. The van der Waals surface area contributed by atoms with E-state index in [1.54, 1.807) is 20.8 Å². The van der Waals surface area contributed by atoms with Crippen molar-refractivity contribution in [1.82, 2.24) is 10.9 Å². The number of carbonyl (C=O) groups is 2. The van der Waals surface area contributed by atoms with Gasteiger partial charge >= 0.3 is 0 Å². The smallest absolute Gasteiger partial charge is 0.267 e. The molecule has 2 N–H and O–H groups in total. The predicted molar refractivity (Wildman–Crippen MR) is 54.7 cm³/mol. The summed E-state index contributed by atoms with van der Waals surface area (Å²) >= 11 is 0. The minimum absolute atomic E-state index is 0.214. The molecule has 0 aromatic rings. The van der Waals surface area contributed by atoms with Crippen LogP contribution >= 0.6 is 0 Å². The van der Waals surface area contributed by atoms with E-state index in [0.717, 1.165) is 12.8 Å². The summed E-state index contributed by atoms with van der Waals surface area (Å²) in [5, 5.41) is 0. The van der Waals surface area contributed by atoms with Crippen LogP contribution in [0.4, 0.5) is 0 Å². The minimum atomic E-state index is -0.510. The zero-order chi connectivity index (χ0) is 11.5. The maximum absolute atomic E-state index is 11.4. The minimum Gasteiger partial charge on any atom is -0.368 e. The van der Waals surface area contributed by atoms with Crippen molar-refractivity contribution in [3.05, 3.63) is 0 Å². The van der Waals surface area contributed by atoms with Crippen molar-refractivity contribution in [3.63, 3.8) is 0 Å². The normalized spacial score (nSPS) is 21.1. The number of hydrogen-bond donors (Lipinski definition) is 2. The van der Waals surface area contributed by atoms with E-state index in [1.807, 2.05) is 0 Å². The van der Waals surface area contributed by atoms with E-state index in [9.17, 15) is 9.59 Å². The Hall–Kier alpha value is -1.10. The molecule has 0 aromatic heterocycles. The summed E-state index contributed by atoms with van der Waals surface area (Å²) in [4.78, 5) is 22.8. The molecule has 1 rings (SSSR count). The predicted octanol–water partition coefficient (Wildman–Crippen LogP) is 0.359. The van der Waals surface area contributed by atoms with Gasteiger partial charge in [0, 0.05) is 12.0 Å². The molecule has 0 spiro atoms. The van der Waals surface area contributed by atoms with E-state index in [-0.39, 0.29) is 11.8 Å². The lowest BCUT2D eigenvalue weighted by molar-refractivity contribution is -0.137. The Balaban J connectivity index is 2.30. The second-order valence-electron chi connectivity index (χ2n) is 4.70. The van der Waals surface area contributed by atoms with Gasteiger partial charge in [-0.05, 0) is 12.8 Å². The molecule has 0 bridgehead atoms. The van der Waals surface area contributed by atoms with Crippen molar-refractivity contribution in [2.45, 2.75) is 39.7 Å². The number of rotatable bonds is 1. The molecule has 1 aliphatic heterocycles. The second-order valence-corrected chi connectivity index (χ2v) is 4.70. The first-order valence-electron chi connectivity index (χ1n) is 5.13.